The average molecular weight is 403 g/mol. The molecule has 1 aromatic carbocycles. The molecule has 0 bridgehead atoms. The van der Waals surface area contributed by atoms with Gasteiger partial charge in [0, 0.05) is 44.3 Å². The van der Waals surface area contributed by atoms with E-state index < -0.39 is 24.8 Å². The van der Waals surface area contributed by atoms with Gasteiger partial charge in [0.2, 0.25) is 0 Å². The highest BCUT2D eigenvalue weighted by Crippen LogP contribution is 2.24. The highest BCUT2D eigenvalue weighted by Gasteiger charge is 2.27. The van der Waals surface area contributed by atoms with Crippen molar-refractivity contribution >= 4 is 17.3 Å². The van der Waals surface area contributed by atoms with Crippen molar-refractivity contribution < 1.29 is 22.8 Å². The van der Waals surface area contributed by atoms with Gasteiger partial charge in [-0.3, -0.25) is 14.0 Å². The van der Waals surface area contributed by atoms with Gasteiger partial charge in [-0.1, -0.05) is 18.2 Å². The second-order valence-corrected chi connectivity index (χ2v) is 7.02. The summed E-state index contributed by atoms with van der Waals surface area (Å²) in [5.74, 6) is -0.583. The number of amides is 1. The Hall–Kier alpha value is -3.16. The Morgan fingerprint density at radius 2 is 1.90 bits per heavy atom. The minimum Gasteiger partial charge on any atom is -0.345 e. The predicted molar refractivity (Wildman–Crippen MR) is 103 cm³/mol. The van der Waals surface area contributed by atoms with Crippen LogP contribution in [0.4, 0.5) is 13.2 Å². The zero-order valence-corrected chi connectivity index (χ0v) is 16.0. The summed E-state index contributed by atoms with van der Waals surface area (Å²) in [6.07, 6.45) is -2.61. The standard InChI is InChI=1S/C21H20F3N3O2/c1-26(2)20(29)16-7-9-27-18(13-25-19(27)12-16)15-5-3-4-14(10-15)11-17(28)6-8-21(22,23)24/h3-5,7,9-10,12-13H,6,8,11H2,1-2H3. The number of fused-ring (bicyclic) bond motifs is 1. The largest absolute Gasteiger partial charge is 0.389 e. The van der Waals surface area contributed by atoms with Gasteiger partial charge in [0.1, 0.15) is 11.4 Å². The Kier molecular flexibility index (Phi) is 5.72. The van der Waals surface area contributed by atoms with Crippen LogP contribution in [0.3, 0.4) is 0 Å². The van der Waals surface area contributed by atoms with Gasteiger partial charge in [-0.25, -0.2) is 4.98 Å². The van der Waals surface area contributed by atoms with E-state index in [4.69, 9.17) is 0 Å². The van der Waals surface area contributed by atoms with E-state index in [0.717, 1.165) is 11.3 Å². The molecule has 1 amide bonds. The Balaban J connectivity index is 1.82. The number of Topliss-reactive ketones (excluding diaryl/α,β-unsaturated/α-hetero) is 1. The van der Waals surface area contributed by atoms with Gasteiger partial charge in [-0.2, -0.15) is 13.2 Å². The van der Waals surface area contributed by atoms with Crippen LogP contribution in [0.25, 0.3) is 16.9 Å². The first-order chi connectivity index (χ1) is 13.6. The van der Waals surface area contributed by atoms with Gasteiger partial charge in [-0.15, -0.1) is 0 Å². The van der Waals surface area contributed by atoms with Crippen molar-refractivity contribution in [2.24, 2.45) is 0 Å². The molecule has 0 atom stereocenters. The third-order valence-corrected chi connectivity index (χ3v) is 4.48. The number of hydrogen-bond donors (Lipinski definition) is 0. The lowest BCUT2D eigenvalue weighted by Crippen LogP contribution is -2.21. The molecule has 0 unspecified atom stereocenters. The van der Waals surface area contributed by atoms with Gasteiger partial charge in [0.05, 0.1) is 18.3 Å². The average Bonchev–Trinajstić information content (AvgIpc) is 3.08. The molecule has 0 radical (unpaired) electrons. The molecule has 2 heterocycles. The number of nitrogens with zero attached hydrogens (tertiary/aromatic N) is 3. The van der Waals surface area contributed by atoms with Gasteiger partial charge in [0.15, 0.2) is 0 Å². The monoisotopic (exact) mass is 403 g/mol. The number of carbonyl (C=O) groups is 2. The SMILES string of the molecule is CN(C)C(=O)c1ccn2c(-c3cccc(CC(=O)CCC(F)(F)F)c3)cnc2c1. The number of benzene rings is 1. The molecule has 5 nitrogen and oxygen atoms in total. The quantitative estimate of drug-likeness (QED) is 0.621. The van der Waals surface area contributed by atoms with Crippen LogP contribution in [0.5, 0.6) is 0 Å². The molecule has 0 aliphatic heterocycles. The number of halogens is 3. The van der Waals surface area contributed by atoms with Crippen molar-refractivity contribution in [1.82, 2.24) is 14.3 Å². The molecule has 0 saturated carbocycles. The van der Waals surface area contributed by atoms with Crippen LogP contribution >= 0.6 is 0 Å². The first-order valence-electron chi connectivity index (χ1n) is 9.00. The molecule has 8 heteroatoms. The fourth-order valence-electron chi connectivity index (χ4n) is 3.02. The van der Waals surface area contributed by atoms with Crippen LogP contribution in [0.2, 0.25) is 0 Å². The molecular weight excluding hydrogens is 383 g/mol. The third kappa shape index (κ3) is 5.01. The number of alkyl halides is 3. The van der Waals surface area contributed by atoms with Crippen molar-refractivity contribution in [2.45, 2.75) is 25.4 Å². The number of ketones is 1. The number of rotatable bonds is 6. The van der Waals surface area contributed by atoms with E-state index in [2.05, 4.69) is 4.98 Å². The van der Waals surface area contributed by atoms with Crippen LogP contribution in [0.15, 0.2) is 48.8 Å². The highest BCUT2D eigenvalue weighted by molar-refractivity contribution is 5.94. The molecule has 152 valence electrons. The molecule has 0 aliphatic rings. The lowest BCUT2D eigenvalue weighted by Gasteiger charge is -2.10. The lowest BCUT2D eigenvalue weighted by atomic mass is 10.0. The van der Waals surface area contributed by atoms with Gasteiger partial charge in [0.25, 0.3) is 5.91 Å². The second kappa shape index (κ2) is 8.06. The summed E-state index contributed by atoms with van der Waals surface area (Å²) in [4.78, 5) is 29.8. The van der Waals surface area contributed by atoms with Gasteiger partial charge in [-0.05, 0) is 23.8 Å². The van der Waals surface area contributed by atoms with Crippen LogP contribution in [0, 0.1) is 0 Å². The Bertz CT molecular complexity index is 1050. The Labute approximate surface area is 165 Å². The van der Waals surface area contributed by atoms with Gasteiger partial charge >= 0.3 is 6.18 Å². The summed E-state index contributed by atoms with van der Waals surface area (Å²) < 4.78 is 38.7. The van der Waals surface area contributed by atoms with E-state index in [-0.39, 0.29) is 12.3 Å². The number of hydrogen-bond acceptors (Lipinski definition) is 3. The van der Waals surface area contributed by atoms with Crippen LogP contribution in [-0.2, 0) is 11.2 Å². The minimum absolute atomic E-state index is 0.0534. The molecule has 29 heavy (non-hydrogen) atoms. The number of aromatic nitrogens is 2. The van der Waals surface area contributed by atoms with Crippen LogP contribution < -0.4 is 0 Å². The maximum absolute atomic E-state index is 12.3. The summed E-state index contributed by atoms with van der Waals surface area (Å²) in [6, 6.07) is 10.5. The van der Waals surface area contributed by atoms with Crippen molar-refractivity contribution in [3.05, 3.63) is 59.9 Å². The zero-order valence-electron chi connectivity index (χ0n) is 16.0. The molecular formula is C21H20F3N3O2. The van der Waals surface area contributed by atoms with E-state index >= 15 is 0 Å². The fourth-order valence-corrected chi connectivity index (χ4v) is 3.02. The summed E-state index contributed by atoms with van der Waals surface area (Å²) in [6.45, 7) is 0. The third-order valence-electron chi connectivity index (χ3n) is 4.48. The van der Waals surface area contributed by atoms with Crippen molar-refractivity contribution in [1.29, 1.82) is 0 Å². The number of pyridine rings is 1. The van der Waals surface area contributed by atoms with E-state index in [1.165, 1.54) is 4.90 Å². The maximum atomic E-state index is 12.3. The zero-order chi connectivity index (χ0) is 21.2. The maximum Gasteiger partial charge on any atom is 0.389 e. The predicted octanol–water partition coefficient (Wildman–Crippen LogP) is 4.16. The molecule has 0 N–H and O–H groups in total. The molecule has 0 spiro atoms. The molecule has 0 aliphatic carbocycles. The van der Waals surface area contributed by atoms with Crippen LogP contribution in [-0.4, -0.2) is 46.2 Å². The smallest absolute Gasteiger partial charge is 0.345 e. The van der Waals surface area contributed by atoms with Crippen molar-refractivity contribution in [3.8, 4) is 11.3 Å². The highest BCUT2D eigenvalue weighted by atomic mass is 19.4. The van der Waals surface area contributed by atoms with E-state index in [0.29, 0.717) is 16.8 Å². The fraction of sp³-hybridized carbons (Fsp3) is 0.286. The Morgan fingerprint density at radius 3 is 2.59 bits per heavy atom. The molecule has 0 saturated heterocycles. The molecule has 3 rings (SSSR count). The van der Waals surface area contributed by atoms with Crippen molar-refractivity contribution in [3.63, 3.8) is 0 Å². The van der Waals surface area contributed by atoms with E-state index in [1.54, 1.807) is 56.8 Å². The summed E-state index contributed by atoms with van der Waals surface area (Å²) >= 11 is 0. The van der Waals surface area contributed by atoms with Gasteiger partial charge < -0.3 is 4.90 Å². The number of carbonyl (C=O) groups excluding carboxylic acids is 2. The first-order valence-corrected chi connectivity index (χ1v) is 9.00. The molecule has 2 aromatic heterocycles. The summed E-state index contributed by atoms with van der Waals surface area (Å²) in [5, 5.41) is 0. The summed E-state index contributed by atoms with van der Waals surface area (Å²) in [5.41, 5.74) is 3.30. The number of imidazole rings is 1. The minimum atomic E-state index is -4.33. The molecule has 0 fully saturated rings. The van der Waals surface area contributed by atoms with E-state index in [1.807, 2.05) is 10.5 Å². The second-order valence-electron chi connectivity index (χ2n) is 7.02. The normalized spacial score (nSPS) is 11.6. The van der Waals surface area contributed by atoms with Crippen LogP contribution in [0.1, 0.15) is 28.8 Å². The lowest BCUT2D eigenvalue weighted by molar-refractivity contribution is -0.143. The molecule has 3 aromatic rings. The summed E-state index contributed by atoms with van der Waals surface area (Å²) in [7, 11) is 3.34. The van der Waals surface area contributed by atoms with E-state index in [9.17, 15) is 22.8 Å². The Morgan fingerprint density at radius 1 is 1.14 bits per heavy atom. The topological polar surface area (TPSA) is 54.7 Å². The van der Waals surface area contributed by atoms with Crippen molar-refractivity contribution in [2.75, 3.05) is 14.1 Å². The first kappa shape index (κ1) is 20.6.